The molecule has 1 aliphatic rings. The number of likely N-dealkylation sites (tertiary alicyclic amines) is 1. The lowest BCUT2D eigenvalue weighted by atomic mass is 9.95. The fraction of sp³-hybridized carbons (Fsp3) is 0.929. The number of piperidine rings is 1. The van der Waals surface area contributed by atoms with Gasteiger partial charge in [-0.15, -0.1) is 12.4 Å². The lowest BCUT2D eigenvalue weighted by molar-refractivity contribution is -0.133. The lowest BCUT2D eigenvalue weighted by Crippen LogP contribution is -2.44. The molecule has 4 heteroatoms. The van der Waals surface area contributed by atoms with E-state index in [9.17, 15) is 4.79 Å². The molecule has 0 bridgehead atoms. The standard InChI is InChI=1S/C14H28N2O.ClH/c1-11(2)9-12(3)10-14(17)16-7-5-13(15-4)6-8-16;/h11-13,15H,5-10H2,1-4H3;1H. The molecule has 18 heavy (non-hydrogen) atoms. The van der Waals surface area contributed by atoms with Crippen LogP contribution in [0.4, 0.5) is 0 Å². The first-order chi connectivity index (χ1) is 8.02. The Balaban J connectivity index is 0.00000289. The van der Waals surface area contributed by atoms with Crippen molar-refractivity contribution >= 4 is 18.3 Å². The summed E-state index contributed by atoms with van der Waals surface area (Å²) < 4.78 is 0. The zero-order chi connectivity index (χ0) is 12.8. The van der Waals surface area contributed by atoms with E-state index >= 15 is 0 Å². The number of amides is 1. The Hall–Kier alpha value is -0.280. The van der Waals surface area contributed by atoms with Gasteiger partial charge in [-0.25, -0.2) is 0 Å². The number of nitrogens with zero attached hydrogens (tertiary/aromatic N) is 1. The van der Waals surface area contributed by atoms with E-state index in [1.165, 1.54) is 0 Å². The molecule has 1 rings (SSSR count). The van der Waals surface area contributed by atoms with E-state index < -0.39 is 0 Å². The average molecular weight is 277 g/mol. The maximum absolute atomic E-state index is 12.1. The van der Waals surface area contributed by atoms with Gasteiger partial charge in [0.05, 0.1) is 0 Å². The van der Waals surface area contributed by atoms with E-state index in [0.717, 1.165) is 38.8 Å². The zero-order valence-electron chi connectivity index (χ0n) is 12.2. The maximum Gasteiger partial charge on any atom is 0.222 e. The molecular formula is C14H29ClN2O. The Morgan fingerprint density at radius 3 is 2.28 bits per heavy atom. The first kappa shape index (κ1) is 17.7. The minimum Gasteiger partial charge on any atom is -0.343 e. The van der Waals surface area contributed by atoms with Crippen molar-refractivity contribution in [1.29, 1.82) is 0 Å². The van der Waals surface area contributed by atoms with E-state index in [2.05, 4.69) is 26.1 Å². The minimum atomic E-state index is 0. The van der Waals surface area contributed by atoms with Crippen LogP contribution in [0, 0.1) is 11.8 Å². The molecule has 1 saturated heterocycles. The molecule has 0 aromatic rings. The van der Waals surface area contributed by atoms with Gasteiger partial charge in [-0.05, 0) is 38.1 Å². The highest BCUT2D eigenvalue weighted by molar-refractivity contribution is 5.85. The third-order valence-corrected chi connectivity index (χ3v) is 3.65. The van der Waals surface area contributed by atoms with Crippen molar-refractivity contribution < 1.29 is 4.79 Å². The van der Waals surface area contributed by atoms with Crippen molar-refractivity contribution in [1.82, 2.24) is 10.2 Å². The van der Waals surface area contributed by atoms with Crippen LogP contribution in [0.15, 0.2) is 0 Å². The normalized spacial score (nSPS) is 18.6. The van der Waals surface area contributed by atoms with Gasteiger partial charge in [0, 0.05) is 25.6 Å². The maximum atomic E-state index is 12.1. The number of carbonyl (C=O) groups is 1. The number of rotatable bonds is 5. The van der Waals surface area contributed by atoms with Crippen molar-refractivity contribution in [3.05, 3.63) is 0 Å². The van der Waals surface area contributed by atoms with Crippen LogP contribution in [0.5, 0.6) is 0 Å². The number of hydrogen-bond acceptors (Lipinski definition) is 2. The van der Waals surface area contributed by atoms with E-state index in [4.69, 9.17) is 0 Å². The first-order valence-corrected chi connectivity index (χ1v) is 6.98. The molecule has 108 valence electrons. The Kier molecular flexibility index (Phi) is 8.62. The van der Waals surface area contributed by atoms with Crippen LogP contribution in [-0.2, 0) is 4.79 Å². The molecule has 0 aliphatic carbocycles. The molecule has 0 saturated carbocycles. The second-order valence-corrected chi connectivity index (χ2v) is 5.88. The predicted octanol–water partition coefficient (Wildman–Crippen LogP) is 2.69. The summed E-state index contributed by atoms with van der Waals surface area (Å²) in [5.74, 6) is 1.56. The summed E-state index contributed by atoms with van der Waals surface area (Å²) in [5, 5.41) is 3.29. The van der Waals surface area contributed by atoms with E-state index in [1.54, 1.807) is 0 Å². The van der Waals surface area contributed by atoms with Gasteiger partial charge in [0.25, 0.3) is 0 Å². The van der Waals surface area contributed by atoms with Gasteiger partial charge in [0.2, 0.25) is 5.91 Å². The van der Waals surface area contributed by atoms with Crippen LogP contribution in [0.1, 0.15) is 46.5 Å². The molecular weight excluding hydrogens is 248 g/mol. The number of hydrogen-bond donors (Lipinski definition) is 1. The average Bonchev–Trinajstić information content (AvgIpc) is 2.28. The second kappa shape index (κ2) is 8.76. The number of halogens is 1. The topological polar surface area (TPSA) is 32.3 Å². The van der Waals surface area contributed by atoms with E-state index in [1.807, 2.05) is 11.9 Å². The smallest absolute Gasteiger partial charge is 0.222 e. The summed E-state index contributed by atoms with van der Waals surface area (Å²) in [6, 6.07) is 0.604. The lowest BCUT2D eigenvalue weighted by Gasteiger charge is -2.32. The molecule has 0 radical (unpaired) electrons. The van der Waals surface area contributed by atoms with Gasteiger partial charge >= 0.3 is 0 Å². The van der Waals surface area contributed by atoms with Crippen LogP contribution in [0.2, 0.25) is 0 Å². The summed E-state index contributed by atoms with van der Waals surface area (Å²) >= 11 is 0. The fourth-order valence-electron chi connectivity index (χ4n) is 2.73. The molecule has 1 N–H and O–H groups in total. The molecule has 0 aromatic carbocycles. The van der Waals surface area contributed by atoms with Crippen molar-refractivity contribution in [2.75, 3.05) is 20.1 Å². The Morgan fingerprint density at radius 2 is 1.83 bits per heavy atom. The minimum absolute atomic E-state index is 0. The molecule has 1 fully saturated rings. The molecule has 0 aromatic heterocycles. The Morgan fingerprint density at radius 1 is 1.28 bits per heavy atom. The Bertz CT molecular complexity index is 238. The predicted molar refractivity (Wildman–Crippen MR) is 79.1 cm³/mol. The summed E-state index contributed by atoms with van der Waals surface area (Å²) in [5.41, 5.74) is 0. The summed E-state index contributed by atoms with van der Waals surface area (Å²) in [7, 11) is 2.01. The van der Waals surface area contributed by atoms with Crippen molar-refractivity contribution in [2.45, 2.75) is 52.5 Å². The molecule has 1 unspecified atom stereocenters. The molecule has 1 amide bonds. The molecule has 1 atom stereocenters. The molecule has 3 nitrogen and oxygen atoms in total. The van der Waals surface area contributed by atoms with Crippen molar-refractivity contribution in [3.8, 4) is 0 Å². The van der Waals surface area contributed by atoms with Gasteiger partial charge in [0.15, 0.2) is 0 Å². The van der Waals surface area contributed by atoms with Gasteiger partial charge in [0.1, 0.15) is 0 Å². The van der Waals surface area contributed by atoms with Gasteiger partial charge in [-0.1, -0.05) is 20.8 Å². The third-order valence-electron chi connectivity index (χ3n) is 3.65. The highest BCUT2D eigenvalue weighted by atomic mass is 35.5. The zero-order valence-corrected chi connectivity index (χ0v) is 13.1. The summed E-state index contributed by atoms with van der Waals surface area (Å²) in [6.45, 7) is 8.49. The van der Waals surface area contributed by atoms with Crippen molar-refractivity contribution in [2.24, 2.45) is 11.8 Å². The van der Waals surface area contributed by atoms with E-state index in [0.29, 0.717) is 23.8 Å². The second-order valence-electron chi connectivity index (χ2n) is 5.88. The number of nitrogens with one attached hydrogen (secondary N) is 1. The fourth-order valence-corrected chi connectivity index (χ4v) is 2.73. The highest BCUT2D eigenvalue weighted by Crippen LogP contribution is 2.18. The molecule has 0 spiro atoms. The van der Waals surface area contributed by atoms with Crippen molar-refractivity contribution in [3.63, 3.8) is 0 Å². The molecule has 1 heterocycles. The van der Waals surface area contributed by atoms with Gasteiger partial charge in [-0.3, -0.25) is 4.79 Å². The first-order valence-electron chi connectivity index (χ1n) is 6.98. The number of carbonyl (C=O) groups excluding carboxylic acids is 1. The van der Waals surface area contributed by atoms with Gasteiger partial charge < -0.3 is 10.2 Å². The summed E-state index contributed by atoms with van der Waals surface area (Å²) in [4.78, 5) is 14.1. The highest BCUT2D eigenvalue weighted by Gasteiger charge is 2.22. The van der Waals surface area contributed by atoms with Crippen LogP contribution < -0.4 is 5.32 Å². The van der Waals surface area contributed by atoms with Crippen LogP contribution in [0.25, 0.3) is 0 Å². The Labute approximate surface area is 118 Å². The van der Waals surface area contributed by atoms with E-state index in [-0.39, 0.29) is 12.4 Å². The van der Waals surface area contributed by atoms with Crippen LogP contribution in [0.3, 0.4) is 0 Å². The molecule has 1 aliphatic heterocycles. The SMILES string of the molecule is CNC1CCN(C(=O)CC(C)CC(C)C)CC1.Cl. The summed E-state index contributed by atoms with van der Waals surface area (Å²) in [6.07, 6.45) is 4.07. The monoisotopic (exact) mass is 276 g/mol. The third kappa shape index (κ3) is 6.05. The quantitative estimate of drug-likeness (QED) is 0.837. The largest absolute Gasteiger partial charge is 0.343 e. The van der Waals surface area contributed by atoms with Gasteiger partial charge in [-0.2, -0.15) is 0 Å². The van der Waals surface area contributed by atoms with Crippen LogP contribution >= 0.6 is 12.4 Å². The van der Waals surface area contributed by atoms with Crippen LogP contribution in [-0.4, -0.2) is 37.0 Å².